The van der Waals surface area contributed by atoms with Gasteiger partial charge in [0.1, 0.15) is 5.75 Å². The molecule has 0 unspecified atom stereocenters. The summed E-state index contributed by atoms with van der Waals surface area (Å²) in [6.07, 6.45) is 0.631. The Bertz CT molecular complexity index is 666. The maximum atomic E-state index is 13.0. The molecule has 1 nitrogen and oxygen atoms in total. The zero-order chi connectivity index (χ0) is 14.8. The monoisotopic (exact) mass is 276 g/mol. The number of methoxy groups -OCH3 is 1. The van der Waals surface area contributed by atoms with E-state index in [0.717, 1.165) is 6.07 Å². The first-order valence-electron chi connectivity index (χ1n) is 5.78. The predicted molar refractivity (Wildman–Crippen MR) is 71.4 cm³/mol. The Kier molecular flexibility index (Phi) is 3.71. The molecule has 2 aromatic carbocycles. The van der Waals surface area contributed by atoms with Crippen LogP contribution in [-0.4, -0.2) is 7.11 Å². The van der Waals surface area contributed by atoms with Crippen molar-refractivity contribution in [2.24, 2.45) is 0 Å². The molecule has 0 saturated carbocycles. The molecule has 0 aliphatic carbocycles. The minimum absolute atomic E-state index is 0.170. The number of halogens is 3. The van der Waals surface area contributed by atoms with Gasteiger partial charge in [0, 0.05) is 11.1 Å². The molecule has 0 aliphatic heterocycles. The van der Waals surface area contributed by atoms with Crippen molar-refractivity contribution in [3.05, 3.63) is 53.6 Å². The molecular weight excluding hydrogens is 265 g/mol. The number of hydrogen-bond donors (Lipinski definition) is 0. The number of alkyl halides is 3. The zero-order valence-corrected chi connectivity index (χ0v) is 10.7. The highest BCUT2D eigenvalue weighted by atomic mass is 19.4. The van der Waals surface area contributed by atoms with Crippen LogP contribution in [0.25, 0.3) is 11.1 Å². The molecule has 0 spiro atoms. The van der Waals surface area contributed by atoms with Crippen molar-refractivity contribution >= 4 is 0 Å². The molecule has 0 saturated heterocycles. The van der Waals surface area contributed by atoms with Crippen LogP contribution in [0.1, 0.15) is 11.1 Å². The van der Waals surface area contributed by atoms with Gasteiger partial charge in [0.25, 0.3) is 0 Å². The van der Waals surface area contributed by atoms with Crippen LogP contribution in [-0.2, 0) is 6.18 Å². The van der Waals surface area contributed by atoms with Crippen molar-refractivity contribution in [1.29, 1.82) is 0 Å². The van der Waals surface area contributed by atoms with Gasteiger partial charge in [-0.1, -0.05) is 30.2 Å². The van der Waals surface area contributed by atoms with E-state index in [1.54, 1.807) is 30.3 Å². The van der Waals surface area contributed by atoms with E-state index < -0.39 is 11.7 Å². The Labute approximate surface area is 115 Å². The molecule has 4 heteroatoms. The number of hydrogen-bond acceptors (Lipinski definition) is 1. The highest BCUT2D eigenvalue weighted by Gasteiger charge is 2.33. The molecule has 0 atom stereocenters. The smallest absolute Gasteiger partial charge is 0.417 e. The van der Waals surface area contributed by atoms with E-state index in [1.807, 2.05) is 0 Å². The third-order valence-electron chi connectivity index (χ3n) is 2.90. The summed E-state index contributed by atoms with van der Waals surface area (Å²) in [4.78, 5) is 0. The van der Waals surface area contributed by atoms with Crippen LogP contribution in [0.15, 0.2) is 42.5 Å². The van der Waals surface area contributed by atoms with E-state index in [4.69, 9.17) is 11.2 Å². The van der Waals surface area contributed by atoms with Gasteiger partial charge >= 0.3 is 6.18 Å². The van der Waals surface area contributed by atoms with E-state index in [0.29, 0.717) is 16.9 Å². The summed E-state index contributed by atoms with van der Waals surface area (Å²) >= 11 is 0. The Balaban J connectivity index is 2.63. The molecular formula is C16H11F3O. The van der Waals surface area contributed by atoms with Crippen LogP contribution in [0.2, 0.25) is 0 Å². The quantitative estimate of drug-likeness (QED) is 0.740. The average molecular weight is 276 g/mol. The van der Waals surface area contributed by atoms with E-state index >= 15 is 0 Å². The minimum atomic E-state index is -4.49. The van der Waals surface area contributed by atoms with E-state index in [1.165, 1.54) is 13.2 Å². The van der Waals surface area contributed by atoms with Gasteiger partial charge in [-0.2, -0.15) is 13.2 Å². The normalized spacial score (nSPS) is 10.9. The van der Waals surface area contributed by atoms with Crippen molar-refractivity contribution in [2.75, 3.05) is 7.11 Å². The first kappa shape index (κ1) is 14.0. The summed E-state index contributed by atoms with van der Waals surface area (Å²) in [5.41, 5.74) is 0.0115. The Morgan fingerprint density at radius 1 is 1.10 bits per heavy atom. The van der Waals surface area contributed by atoms with Crippen molar-refractivity contribution in [1.82, 2.24) is 0 Å². The molecule has 2 aromatic rings. The molecule has 0 aromatic heterocycles. The first-order chi connectivity index (χ1) is 9.47. The third kappa shape index (κ3) is 2.62. The Morgan fingerprint density at radius 2 is 1.80 bits per heavy atom. The van der Waals surface area contributed by atoms with Gasteiger partial charge in [-0.15, -0.1) is 6.42 Å². The lowest BCUT2D eigenvalue weighted by molar-refractivity contribution is -0.137. The predicted octanol–water partition coefficient (Wildman–Crippen LogP) is 4.36. The molecule has 0 fully saturated rings. The number of terminal acetylenes is 1. The molecule has 102 valence electrons. The Morgan fingerprint density at radius 3 is 2.40 bits per heavy atom. The average Bonchev–Trinajstić information content (AvgIpc) is 2.45. The van der Waals surface area contributed by atoms with Crippen LogP contribution in [0, 0.1) is 12.3 Å². The molecule has 0 heterocycles. The standard InChI is InChI=1S/C16H11F3O/c1-3-11-8-9-12(10-14(11)16(17,18)19)13-6-4-5-7-15(13)20-2/h1,4-10H,2H3. The molecule has 0 amide bonds. The van der Waals surface area contributed by atoms with Crippen molar-refractivity contribution in [2.45, 2.75) is 6.18 Å². The SMILES string of the molecule is C#Cc1ccc(-c2ccccc2OC)cc1C(F)(F)F. The van der Waals surface area contributed by atoms with Gasteiger partial charge in [0.2, 0.25) is 0 Å². The van der Waals surface area contributed by atoms with Gasteiger partial charge in [-0.3, -0.25) is 0 Å². The molecule has 20 heavy (non-hydrogen) atoms. The highest BCUT2D eigenvalue weighted by Crippen LogP contribution is 2.37. The lowest BCUT2D eigenvalue weighted by atomic mass is 9.98. The summed E-state index contributed by atoms with van der Waals surface area (Å²) in [7, 11) is 1.47. The van der Waals surface area contributed by atoms with Gasteiger partial charge in [0.15, 0.2) is 0 Å². The van der Waals surface area contributed by atoms with Crippen molar-refractivity contribution in [3.8, 4) is 29.2 Å². The van der Waals surface area contributed by atoms with Crippen molar-refractivity contribution < 1.29 is 17.9 Å². The summed E-state index contributed by atoms with van der Waals surface area (Å²) in [6, 6.07) is 10.8. The fourth-order valence-corrected chi connectivity index (χ4v) is 1.96. The second kappa shape index (κ2) is 5.30. The van der Waals surface area contributed by atoms with E-state index in [9.17, 15) is 13.2 Å². The van der Waals surface area contributed by atoms with Gasteiger partial charge < -0.3 is 4.74 Å². The lowest BCUT2D eigenvalue weighted by Gasteiger charge is -2.13. The molecule has 0 N–H and O–H groups in total. The first-order valence-corrected chi connectivity index (χ1v) is 5.78. The van der Waals surface area contributed by atoms with E-state index in [2.05, 4.69) is 5.92 Å². The van der Waals surface area contributed by atoms with Crippen LogP contribution in [0.3, 0.4) is 0 Å². The summed E-state index contributed by atoms with van der Waals surface area (Å²) in [6.45, 7) is 0. The molecule has 0 radical (unpaired) electrons. The second-order valence-electron chi connectivity index (χ2n) is 4.10. The second-order valence-corrected chi connectivity index (χ2v) is 4.10. The van der Waals surface area contributed by atoms with E-state index in [-0.39, 0.29) is 5.56 Å². The topological polar surface area (TPSA) is 9.23 Å². The largest absolute Gasteiger partial charge is 0.496 e. The fourth-order valence-electron chi connectivity index (χ4n) is 1.96. The lowest BCUT2D eigenvalue weighted by Crippen LogP contribution is -2.08. The maximum Gasteiger partial charge on any atom is 0.417 e. The molecule has 0 bridgehead atoms. The number of benzene rings is 2. The maximum absolute atomic E-state index is 13.0. The number of ether oxygens (including phenoxy) is 1. The summed E-state index contributed by atoms with van der Waals surface area (Å²) in [5.74, 6) is 2.57. The third-order valence-corrected chi connectivity index (χ3v) is 2.90. The van der Waals surface area contributed by atoms with Crippen LogP contribution >= 0.6 is 0 Å². The van der Waals surface area contributed by atoms with Crippen LogP contribution in [0.4, 0.5) is 13.2 Å². The van der Waals surface area contributed by atoms with Gasteiger partial charge in [0.05, 0.1) is 12.7 Å². The van der Waals surface area contributed by atoms with Gasteiger partial charge in [-0.05, 0) is 23.8 Å². The Hall–Kier alpha value is -2.41. The summed E-state index contributed by atoms with van der Waals surface area (Å²) in [5, 5.41) is 0. The molecule has 2 rings (SSSR count). The minimum Gasteiger partial charge on any atom is -0.496 e. The summed E-state index contributed by atoms with van der Waals surface area (Å²) < 4.78 is 44.1. The van der Waals surface area contributed by atoms with Crippen molar-refractivity contribution in [3.63, 3.8) is 0 Å². The number of para-hydroxylation sites is 1. The zero-order valence-electron chi connectivity index (χ0n) is 10.7. The number of rotatable bonds is 2. The highest BCUT2D eigenvalue weighted by molar-refractivity contribution is 5.72. The van der Waals surface area contributed by atoms with Crippen LogP contribution < -0.4 is 4.74 Å². The van der Waals surface area contributed by atoms with Crippen LogP contribution in [0.5, 0.6) is 5.75 Å². The fraction of sp³-hybridized carbons (Fsp3) is 0.125. The molecule has 0 aliphatic rings. The van der Waals surface area contributed by atoms with Gasteiger partial charge in [-0.25, -0.2) is 0 Å².